The van der Waals surface area contributed by atoms with Gasteiger partial charge in [-0.05, 0) is 83.1 Å². The van der Waals surface area contributed by atoms with Crippen LogP contribution in [0.2, 0.25) is 0 Å². The molecular weight excluding hydrogens is 392 g/mol. The first-order valence-corrected chi connectivity index (χ1v) is 13.5. The fourth-order valence-electron chi connectivity index (χ4n) is 5.65. The monoisotopic (exact) mass is 430 g/mol. The van der Waals surface area contributed by atoms with Crippen LogP contribution in [-0.4, -0.2) is 11.5 Å². The Morgan fingerprint density at radius 3 is 2.19 bits per heavy atom. The lowest BCUT2D eigenvalue weighted by atomic mass is 9.75. The van der Waals surface area contributed by atoms with Crippen molar-refractivity contribution in [1.82, 2.24) is 0 Å². The molecule has 0 saturated heterocycles. The molecule has 0 aromatic heterocycles. The Kier molecular flexibility index (Phi) is 7.77. The SMILES string of the molecule is CCSCC1=C(C2CCCC2)CCC(c2ccc(Cc3ccccc3)cc2)=C1C(C)C. The van der Waals surface area contributed by atoms with Crippen LogP contribution in [0.4, 0.5) is 0 Å². The van der Waals surface area contributed by atoms with Crippen molar-refractivity contribution in [2.24, 2.45) is 11.8 Å². The van der Waals surface area contributed by atoms with Gasteiger partial charge in [-0.15, -0.1) is 0 Å². The van der Waals surface area contributed by atoms with Crippen LogP contribution in [-0.2, 0) is 6.42 Å². The van der Waals surface area contributed by atoms with Crippen LogP contribution in [0.15, 0.2) is 71.3 Å². The first-order valence-electron chi connectivity index (χ1n) is 12.3. The molecule has 0 amide bonds. The summed E-state index contributed by atoms with van der Waals surface area (Å²) in [5.74, 6) is 3.85. The van der Waals surface area contributed by atoms with Gasteiger partial charge < -0.3 is 0 Å². The van der Waals surface area contributed by atoms with Crippen molar-refractivity contribution in [3.05, 3.63) is 88.0 Å². The predicted octanol–water partition coefficient (Wildman–Crippen LogP) is 8.72. The smallest absolute Gasteiger partial charge is 0.0187 e. The van der Waals surface area contributed by atoms with Gasteiger partial charge in [0.05, 0.1) is 0 Å². The highest BCUT2D eigenvalue weighted by molar-refractivity contribution is 7.99. The Bertz CT molecular complexity index is 909. The number of hydrogen-bond acceptors (Lipinski definition) is 1. The maximum atomic E-state index is 2.41. The first-order chi connectivity index (χ1) is 15.2. The summed E-state index contributed by atoms with van der Waals surface area (Å²) in [5.41, 5.74) is 11.1. The predicted molar refractivity (Wildman–Crippen MR) is 139 cm³/mol. The molecule has 164 valence electrons. The molecule has 0 bridgehead atoms. The molecule has 1 fully saturated rings. The van der Waals surface area contributed by atoms with Gasteiger partial charge in [0.15, 0.2) is 0 Å². The molecule has 31 heavy (non-hydrogen) atoms. The summed E-state index contributed by atoms with van der Waals surface area (Å²) in [4.78, 5) is 0. The van der Waals surface area contributed by atoms with Crippen molar-refractivity contribution in [3.8, 4) is 0 Å². The second kappa shape index (κ2) is 10.7. The average molecular weight is 431 g/mol. The van der Waals surface area contributed by atoms with Crippen LogP contribution in [0.5, 0.6) is 0 Å². The zero-order valence-corrected chi connectivity index (χ0v) is 20.4. The summed E-state index contributed by atoms with van der Waals surface area (Å²) >= 11 is 2.11. The molecule has 4 rings (SSSR count). The van der Waals surface area contributed by atoms with Crippen molar-refractivity contribution in [2.75, 3.05) is 11.5 Å². The first kappa shape index (κ1) is 22.5. The third kappa shape index (κ3) is 5.37. The molecule has 0 nitrogen and oxygen atoms in total. The van der Waals surface area contributed by atoms with Crippen LogP contribution in [0.25, 0.3) is 5.57 Å². The lowest BCUT2D eigenvalue weighted by Crippen LogP contribution is -2.16. The molecule has 0 aliphatic heterocycles. The Labute approximate surface area is 194 Å². The van der Waals surface area contributed by atoms with Crippen molar-refractivity contribution in [2.45, 2.75) is 65.7 Å². The van der Waals surface area contributed by atoms with E-state index in [2.05, 4.69) is 87.1 Å². The highest BCUT2D eigenvalue weighted by Gasteiger charge is 2.29. The second-order valence-corrected chi connectivity index (χ2v) is 10.8. The molecule has 2 aromatic rings. The normalized spacial score (nSPS) is 17.8. The minimum Gasteiger partial charge on any atom is -0.157 e. The van der Waals surface area contributed by atoms with Gasteiger partial charge in [0.1, 0.15) is 0 Å². The lowest BCUT2D eigenvalue weighted by Gasteiger charge is -2.32. The molecule has 0 spiro atoms. The largest absolute Gasteiger partial charge is 0.157 e. The quantitative estimate of drug-likeness (QED) is 0.403. The number of rotatable bonds is 8. The van der Waals surface area contributed by atoms with Crippen LogP contribution in [0, 0.1) is 11.8 Å². The molecular formula is C30H38S. The van der Waals surface area contributed by atoms with E-state index < -0.39 is 0 Å². The number of hydrogen-bond donors (Lipinski definition) is 0. The average Bonchev–Trinajstić information content (AvgIpc) is 3.33. The Morgan fingerprint density at radius 2 is 1.55 bits per heavy atom. The fraction of sp³-hybridized carbons (Fsp3) is 0.467. The van der Waals surface area contributed by atoms with Gasteiger partial charge in [-0.3, -0.25) is 0 Å². The van der Waals surface area contributed by atoms with E-state index in [4.69, 9.17) is 0 Å². The molecule has 0 N–H and O–H groups in total. The van der Waals surface area contributed by atoms with Crippen LogP contribution < -0.4 is 0 Å². The van der Waals surface area contributed by atoms with Crippen molar-refractivity contribution in [3.63, 3.8) is 0 Å². The zero-order chi connectivity index (χ0) is 21.6. The van der Waals surface area contributed by atoms with Gasteiger partial charge >= 0.3 is 0 Å². The van der Waals surface area contributed by atoms with E-state index in [1.54, 1.807) is 16.7 Å². The van der Waals surface area contributed by atoms with Crippen LogP contribution in [0.1, 0.15) is 76.0 Å². The molecule has 0 unspecified atom stereocenters. The standard InChI is InChI=1S/C30H38S/c1-4-31-21-29-27(25-12-8-9-13-25)18-19-28(30(29)22(2)3)26-16-14-24(15-17-26)20-23-10-6-5-7-11-23/h5-7,10-11,14-17,22,25H,4,8-9,12-13,18-21H2,1-3H3. The summed E-state index contributed by atoms with van der Waals surface area (Å²) in [7, 11) is 0. The van der Waals surface area contributed by atoms with E-state index in [9.17, 15) is 0 Å². The highest BCUT2D eigenvalue weighted by atomic mass is 32.2. The summed E-state index contributed by atoms with van der Waals surface area (Å²) < 4.78 is 0. The molecule has 2 aromatic carbocycles. The summed E-state index contributed by atoms with van der Waals surface area (Å²) in [5, 5.41) is 0. The van der Waals surface area contributed by atoms with Crippen molar-refractivity contribution >= 4 is 17.3 Å². The molecule has 2 aliphatic rings. The number of benzene rings is 2. The van der Waals surface area contributed by atoms with Crippen LogP contribution >= 0.6 is 11.8 Å². The number of allylic oxidation sites excluding steroid dienone is 3. The van der Waals surface area contributed by atoms with E-state index in [1.807, 2.05) is 5.57 Å². The van der Waals surface area contributed by atoms with Gasteiger partial charge in [0, 0.05) is 5.75 Å². The van der Waals surface area contributed by atoms with Gasteiger partial charge in [-0.1, -0.05) is 93.8 Å². The molecule has 0 radical (unpaired) electrons. The van der Waals surface area contributed by atoms with E-state index in [1.165, 1.54) is 66.7 Å². The van der Waals surface area contributed by atoms with E-state index in [-0.39, 0.29) is 0 Å². The molecule has 1 heteroatoms. The lowest BCUT2D eigenvalue weighted by molar-refractivity contribution is 0.595. The highest BCUT2D eigenvalue weighted by Crippen LogP contribution is 2.46. The fourth-order valence-corrected chi connectivity index (χ4v) is 6.40. The minimum absolute atomic E-state index is 0.586. The second-order valence-electron chi connectivity index (χ2n) is 9.53. The topological polar surface area (TPSA) is 0 Å². The zero-order valence-electron chi connectivity index (χ0n) is 19.6. The summed E-state index contributed by atoms with van der Waals surface area (Å²) in [6.45, 7) is 7.12. The minimum atomic E-state index is 0.586. The van der Waals surface area contributed by atoms with Gasteiger partial charge in [0.2, 0.25) is 0 Å². The van der Waals surface area contributed by atoms with Gasteiger partial charge in [-0.25, -0.2) is 0 Å². The molecule has 0 atom stereocenters. The Morgan fingerprint density at radius 1 is 0.871 bits per heavy atom. The van der Waals surface area contributed by atoms with Crippen molar-refractivity contribution < 1.29 is 0 Å². The number of thioether (sulfide) groups is 1. The molecule has 0 heterocycles. The van der Waals surface area contributed by atoms with E-state index in [0.29, 0.717) is 5.92 Å². The third-order valence-corrected chi connectivity index (χ3v) is 8.01. The van der Waals surface area contributed by atoms with Gasteiger partial charge in [-0.2, -0.15) is 11.8 Å². The van der Waals surface area contributed by atoms with Gasteiger partial charge in [0.25, 0.3) is 0 Å². The van der Waals surface area contributed by atoms with E-state index >= 15 is 0 Å². The Balaban J connectivity index is 1.67. The summed E-state index contributed by atoms with van der Waals surface area (Å²) in [6.07, 6.45) is 9.22. The Hall–Kier alpha value is -1.73. The van der Waals surface area contributed by atoms with Crippen LogP contribution in [0.3, 0.4) is 0 Å². The maximum absolute atomic E-state index is 2.41. The molecule has 1 saturated carbocycles. The van der Waals surface area contributed by atoms with E-state index in [0.717, 1.165) is 12.3 Å². The van der Waals surface area contributed by atoms with Crippen molar-refractivity contribution in [1.29, 1.82) is 0 Å². The summed E-state index contributed by atoms with van der Waals surface area (Å²) in [6, 6.07) is 20.3. The third-order valence-electron chi connectivity index (χ3n) is 7.11. The maximum Gasteiger partial charge on any atom is 0.0187 e. The molecule has 2 aliphatic carbocycles.